The van der Waals surface area contributed by atoms with Gasteiger partial charge in [0.2, 0.25) is 0 Å². The summed E-state index contributed by atoms with van der Waals surface area (Å²) in [4.78, 5) is 6.84. The van der Waals surface area contributed by atoms with Crippen LogP contribution in [0.15, 0.2) is 24.3 Å². The fraction of sp³-hybridized carbons (Fsp3) is 0.400. The molecule has 0 saturated carbocycles. The number of para-hydroxylation sites is 1. The van der Waals surface area contributed by atoms with E-state index in [1.165, 1.54) is 23.9 Å². The Balaban J connectivity index is 1.90. The molecule has 5 nitrogen and oxygen atoms in total. The number of rotatable bonds is 5. The van der Waals surface area contributed by atoms with Crippen molar-refractivity contribution in [2.45, 2.75) is 12.8 Å². The van der Waals surface area contributed by atoms with E-state index < -0.39 is 0 Å². The Morgan fingerprint density at radius 2 is 2.20 bits per heavy atom. The van der Waals surface area contributed by atoms with E-state index in [9.17, 15) is 0 Å². The van der Waals surface area contributed by atoms with Crippen molar-refractivity contribution in [3.05, 3.63) is 24.3 Å². The number of unbranched alkanes of at least 4 members (excludes halogenated alkanes) is 1. The van der Waals surface area contributed by atoms with Gasteiger partial charge in [0.1, 0.15) is 11.5 Å². The first kappa shape index (κ1) is 13.0. The molecule has 4 N–H and O–H groups in total. The maximum atomic E-state index is 6.07. The lowest BCUT2D eigenvalue weighted by atomic mass is 10.1. The van der Waals surface area contributed by atoms with Gasteiger partial charge in [0, 0.05) is 11.9 Å². The van der Waals surface area contributed by atoms with Gasteiger partial charge < -0.3 is 21.3 Å². The first-order chi connectivity index (χ1) is 9.81. The molecule has 3 rings (SSSR count). The van der Waals surface area contributed by atoms with Gasteiger partial charge in [-0.05, 0) is 32.5 Å². The standard InChI is InChI=1S/C15H21N5/c1-17-8-4-5-9-20-10-18-13-14(20)11-6-2-3-7-12(11)19-15(13)16/h2-3,6-7,17-18H,4-5,8-10H2,1H3,(H2,16,19). The van der Waals surface area contributed by atoms with Crippen LogP contribution in [0.1, 0.15) is 12.8 Å². The second-order valence-corrected chi connectivity index (χ2v) is 5.15. The predicted molar refractivity (Wildman–Crippen MR) is 85.2 cm³/mol. The highest BCUT2D eigenvalue weighted by Gasteiger charge is 2.23. The van der Waals surface area contributed by atoms with Crippen molar-refractivity contribution in [1.29, 1.82) is 0 Å². The van der Waals surface area contributed by atoms with Gasteiger partial charge in [0.05, 0.1) is 17.9 Å². The molecule has 0 aliphatic carbocycles. The average Bonchev–Trinajstić information content (AvgIpc) is 2.89. The zero-order valence-corrected chi connectivity index (χ0v) is 11.8. The van der Waals surface area contributed by atoms with Gasteiger partial charge in [-0.25, -0.2) is 4.98 Å². The molecule has 1 aromatic heterocycles. The van der Waals surface area contributed by atoms with Crippen molar-refractivity contribution in [2.24, 2.45) is 0 Å². The van der Waals surface area contributed by atoms with Gasteiger partial charge in [-0.3, -0.25) is 0 Å². The van der Waals surface area contributed by atoms with Crippen molar-refractivity contribution >= 4 is 28.1 Å². The SMILES string of the molecule is CNCCCCN1CNc2c(N)nc3ccccc3c21. The average molecular weight is 271 g/mol. The van der Waals surface area contributed by atoms with E-state index >= 15 is 0 Å². The summed E-state index contributed by atoms with van der Waals surface area (Å²) in [7, 11) is 1.99. The molecule has 0 unspecified atom stereocenters. The summed E-state index contributed by atoms with van der Waals surface area (Å²) < 4.78 is 0. The van der Waals surface area contributed by atoms with E-state index in [0.717, 1.165) is 31.0 Å². The number of nitrogen functional groups attached to an aromatic ring is 1. The topological polar surface area (TPSA) is 66.2 Å². The number of hydrogen-bond donors (Lipinski definition) is 3. The normalized spacial score (nSPS) is 13.6. The molecule has 2 aromatic rings. The van der Waals surface area contributed by atoms with E-state index in [1.54, 1.807) is 0 Å². The van der Waals surface area contributed by atoms with Crippen LogP contribution >= 0.6 is 0 Å². The van der Waals surface area contributed by atoms with Crippen molar-refractivity contribution in [1.82, 2.24) is 10.3 Å². The molecule has 0 bridgehead atoms. The van der Waals surface area contributed by atoms with Crippen LogP contribution in [0.25, 0.3) is 10.9 Å². The van der Waals surface area contributed by atoms with Crippen LogP contribution in [0, 0.1) is 0 Å². The number of nitrogens with zero attached hydrogens (tertiary/aromatic N) is 2. The van der Waals surface area contributed by atoms with Crippen LogP contribution in [0.4, 0.5) is 17.2 Å². The predicted octanol–water partition coefficient (Wildman–Crippen LogP) is 2.01. The summed E-state index contributed by atoms with van der Waals surface area (Å²) in [5.74, 6) is 0.594. The smallest absolute Gasteiger partial charge is 0.149 e. The van der Waals surface area contributed by atoms with Crippen molar-refractivity contribution in [2.75, 3.05) is 42.8 Å². The summed E-state index contributed by atoms with van der Waals surface area (Å²) in [6.45, 7) is 2.91. The Bertz CT molecular complexity index is 610. The van der Waals surface area contributed by atoms with E-state index in [1.807, 2.05) is 19.2 Å². The quantitative estimate of drug-likeness (QED) is 0.726. The number of fused-ring (bicyclic) bond motifs is 3. The molecule has 0 amide bonds. The third-order valence-electron chi connectivity index (χ3n) is 3.76. The largest absolute Gasteiger partial charge is 0.382 e. The van der Waals surface area contributed by atoms with Crippen molar-refractivity contribution in [3.63, 3.8) is 0 Å². The number of hydrogen-bond acceptors (Lipinski definition) is 5. The number of nitrogens with one attached hydrogen (secondary N) is 2. The Hall–Kier alpha value is -2.01. The Kier molecular flexibility index (Phi) is 3.60. The summed E-state index contributed by atoms with van der Waals surface area (Å²) in [6, 6.07) is 8.19. The molecular formula is C15H21N5. The molecule has 5 heteroatoms. The Morgan fingerprint density at radius 3 is 3.05 bits per heavy atom. The highest BCUT2D eigenvalue weighted by Crippen LogP contribution is 2.40. The van der Waals surface area contributed by atoms with E-state index in [-0.39, 0.29) is 0 Å². The first-order valence-electron chi connectivity index (χ1n) is 7.13. The molecule has 1 aromatic carbocycles. The lowest BCUT2D eigenvalue weighted by Crippen LogP contribution is -2.24. The van der Waals surface area contributed by atoms with Crippen molar-refractivity contribution in [3.8, 4) is 0 Å². The lowest BCUT2D eigenvalue weighted by molar-refractivity contribution is 0.665. The summed E-state index contributed by atoms with van der Waals surface area (Å²) in [5, 5.41) is 7.74. The van der Waals surface area contributed by atoms with Crippen LogP contribution in [0.5, 0.6) is 0 Å². The molecule has 0 spiro atoms. The monoisotopic (exact) mass is 271 g/mol. The van der Waals surface area contributed by atoms with Gasteiger partial charge in [-0.1, -0.05) is 18.2 Å². The minimum atomic E-state index is 0.594. The maximum absolute atomic E-state index is 6.07. The zero-order valence-electron chi connectivity index (χ0n) is 11.8. The van der Waals surface area contributed by atoms with Crippen LogP contribution in [-0.4, -0.2) is 31.8 Å². The maximum Gasteiger partial charge on any atom is 0.149 e. The Morgan fingerprint density at radius 1 is 1.35 bits per heavy atom. The van der Waals surface area contributed by atoms with Crippen LogP contribution < -0.4 is 21.3 Å². The number of pyridine rings is 1. The van der Waals surface area contributed by atoms with Gasteiger partial charge >= 0.3 is 0 Å². The number of anilines is 3. The van der Waals surface area contributed by atoms with Crippen LogP contribution in [0.2, 0.25) is 0 Å². The fourth-order valence-corrected chi connectivity index (χ4v) is 2.76. The second kappa shape index (κ2) is 5.54. The number of aromatic nitrogens is 1. The fourth-order valence-electron chi connectivity index (χ4n) is 2.76. The first-order valence-corrected chi connectivity index (χ1v) is 7.13. The number of benzene rings is 1. The van der Waals surface area contributed by atoms with E-state index in [0.29, 0.717) is 5.82 Å². The molecule has 106 valence electrons. The van der Waals surface area contributed by atoms with Gasteiger partial charge in [0.25, 0.3) is 0 Å². The third kappa shape index (κ3) is 2.25. The van der Waals surface area contributed by atoms with Crippen LogP contribution in [0.3, 0.4) is 0 Å². The third-order valence-corrected chi connectivity index (χ3v) is 3.76. The molecule has 1 aliphatic heterocycles. The molecular weight excluding hydrogens is 250 g/mol. The Labute approximate surface area is 119 Å². The minimum absolute atomic E-state index is 0.594. The molecule has 0 saturated heterocycles. The molecule has 1 aliphatic rings. The van der Waals surface area contributed by atoms with E-state index in [2.05, 4.69) is 32.7 Å². The van der Waals surface area contributed by atoms with Gasteiger partial charge in [0.15, 0.2) is 0 Å². The molecule has 0 atom stereocenters. The highest BCUT2D eigenvalue weighted by atomic mass is 15.3. The zero-order chi connectivity index (χ0) is 13.9. The van der Waals surface area contributed by atoms with Crippen LogP contribution in [-0.2, 0) is 0 Å². The molecule has 0 radical (unpaired) electrons. The summed E-state index contributed by atoms with van der Waals surface area (Å²) in [5.41, 5.74) is 9.22. The minimum Gasteiger partial charge on any atom is -0.382 e. The lowest BCUT2D eigenvalue weighted by Gasteiger charge is -2.19. The van der Waals surface area contributed by atoms with Gasteiger partial charge in [-0.2, -0.15) is 0 Å². The molecule has 20 heavy (non-hydrogen) atoms. The molecule has 2 heterocycles. The summed E-state index contributed by atoms with van der Waals surface area (Å²) >= 11 is 0. The molecule has 0 fully saturated rings. The second-order valence-electron chi connectivity index (χ2n) is 5.15. The van der Waals surface area contributed by atoms with Crippen molar-refractivity contribution < 1.29 is 0 Å². The van der Waals surface area contributed by atoms with E-state index in [4.69, 9.17) is 5.73 Å². The number of nitrogens with two attached hydrogens (primary N) is 1. The summed E-state index contributed by atoms with van der Waals surface area (Å²) in [6.07, 6.45) is 2.35. The highest BCUT2D eigenvalue weighted by molar-refractivity contribution is 6.03. The van der Waals surface area contributed by atoms with Gasteiger partial charge in [-0.15, -0.1) is 0 Å².